The Morgan fingerprint density at radius 3 is 2.47 bits per heavy atom. The summed E-state index contributed by atoms with van der Waals surface area (Å²) in [5, 5.41) is 25.6. The number of carbonyl (C=O) groups is 2. The van der Waals surface area contributed by atoms with Gasteiger partial charge in [-0.2, -0.15) is 5.10 Å². The predicted octanol–water partition coefficient (Wildman–Crippen LogP) is 4.46. The van der Waals surface area contributed by atoms with Crippen LogP contribution in [-0.4, -0.2) is 27.8 Å². The van der Waals surface area contributed by atoms with Crippen LogP contribution >= 0.6 is 11.3 Å². The van der Waals surface area contributed by atoms with Gasteiger partial charge in [-0.3, -0.25) is 4.79 Å². The summed E-state index contributed by atoms with van der Waals surface area (Å²) in [5.41, 5.74) is 7.61. The van der Waals surface area contributed by atoms with Crippen LogP contribution in [-0.2, 0) is 12.8 Å². The number of hydrogen-bond donors (Lipinski definition) is 3. The second-order valence-electron chi connectivity index (χ2n) is 7.18. The molecule has 0 bridgehead atoms. The summed E-state index contributed by atoms with van der Waals surface area (Å²) in [7, 11) is 0. The van der Waals surface area contributed by atoms with Crippen LogP contribution in [0.25, 0.3) is 10.4 Å². The highest BCUT2D eigenvalue weighted by Gasteiger charge is 2.18. The fourth-order valence-electron chi connectivity index (χ4n) is 3.55. The number of carbonyl (C=O) groups excluding carboxylic acids is 1. The number of amides is 1. The Morgan fingerprint density at radius 2 is 1.73 bits per heavy atom. The fourth-order valence-corrected chi connectivity index (χ4v) is 4.55. The highest BCUT2D eigenvalue weighted by molar-refractivity contribution is 7.14. The summed E-state index contributed by atoms with van der Waals surface area (Å²) in [6.07, 6.45) is 3.36. The topological polar surface area (TPSA) is 99.0 Å². The van der Waals surface area contributed by atoms with Gasteiger partial charge < -0.3 is 10.2 Å². The van der Waals surface area contributed by atoms with E-state index in [4.69, 9.17) is 5.11 Å². The van der Waals surface area contributed by atoms with Crippen molar-refractivity contribution >= 4 is 28.9 Å². The Labute approximate surface area is 177 Å². The molecule has 1 aliphatic rings. The van der Waals surface area contributed by atoms with Crippen LogP contribution in [0.4, 0.5) is 0 Å². The molecule has 0 saturated carbocycles. The number of aromatic carboxylic acids is 1. The largest absolute Gasteiger partial charge is 0.506 e. The van der Waals surface area contributed by atoms with Crippen LogP contribution < -0.4 is 5.43 Å². The minimum atomic E-state index is -1.05. The van der Waals surface area contributed by atoms with Gasteiger partial charge in [0, 0.05) is 10.9 Å². The van der Waals surface area contributed by atoms with Gasteiger partial charge in [0.2, 0.25) is 0 Å². The quantitative estimate of drug-likeness (QED) is 0.419. The maximum Gasteiger partial charge on any atom is 0.335 e. The Bertz CT molecular complexity index is 1160. The molecule has 0 fully saturated rings. The SMILES string of the molecule is C/C(=N\NC(=O)c1ccc(C(=O)O)cc1)c1csc(-c2ccc3c(c2)CCC3)c1O. The number of hydrogen-bond acceptors (Lipinski definition) is 5. The van der Waals surface area contributed by atoms with Crippen molar-refractivity contribution in [1.82, 2.24) is 5.43 Å². The maximum absolute atomic E-state index is 12.3. The lowest BCUT2D eigenvalue weighted by Gasteiger charge is -2.05. The number of benzene rings is 2. The van der Waals surface area contributed by atoms with Gasteiger partial charge in [0.1, 0.15) is 5.75 Å². The van der Waals surface area contributed by atoms with Crippen molar-refractivity contribution in [2.45, 2.75) is 26.2 Å². The van der Waals surface area contributed by atoms with Crippen molar-refractivity contribution in [3.05, 3.63) is 75.7 Å². The van der Waals surface area contributed by atoms with Gasteiger partial charge in [0.15, 0.2) is 0 Å². The van der Waals surface area contributed by atoms with Crippen LogP contribution in [0.15, 0.2) is 52.9 Å². The average molecular weight is 420 g/mol. The molecule has 0 unspecified atom stereocenters. The summed E-state index contributed by atoms with van der Waals surface area (Å²) < 4.78 is 0. The Kier molecular flexibility index (Phi) is 5.37. The lowest BCUT2D eigenvalue weighted by atomic mass is 10.0. The molecule has 1 aliphatic carbocycles. The van der Waals surface area contributed by atoms with Crippen LogP contribution in [0, 0.1) is 0 Å². The Morgan fingerprint density at radius 1 is 1.03 bits per heavy atom. The van der Waals surface area contributed by atoms with E-state index < -0.39 is 11.9 Å². The second-order valence-corrected chi connectivity index (χ2v) is 8.06. The first-order valence-corrected chi connectivity index (χ1v) is 10.4. The highest BCUT2D eigenvalue weighted by Crippen LogP contribution is 2.40. The molecule has 1 heterocycles. The van der Waals surface area contributed by atoms with Crippen molar-refractivity contribution in [2.24, 2.45) is 5.10 Å². The van der Waals surface area contributed by atoms with Gasteiger partial charge in [-0.05, 0) is 73.2 Å². The highest BCUT2D eigenvalue weighted by atomic mass is 32.1. The van der Waals surface area contributed by atoms with Gasteiger partial charge in [0.25, 0.3) is 5.91 Å². The van der Waals surface area contributed by atoms with Gasteiger partial charge in [0.05, 0.1) is 21.7 Å². The first kappa shape index (κ1) is 19.8. The van der Waals surface area contributed by atoms with Gasteiger partial charge >= 0.3 is 5.97 Å². The summed E-state index contributed by atoms with van der Waals surface area (Å²) in [6, 6.07) is 11.9. The number of nitrogens with one attached hydrogen (secondary N) is 1. The van der Waals surface area contributed by atoms with Crippen molar-refractivity contribution in [3.63, 3.8) is 0 Å². The molecule has 4 rings (SSSR count). The van der Waals surface area contributed by atoms with Crippen LogP contribution in [0.1, 0.15) is 50.8 Å². The number of aromatic hydroxyl groups is 1. The molecule has 2 aromatic carbocycles. The minimum Gasteiger partial charge on any atom is -0.506 e. The predicted molar refractivity (Wildman–Crippen MR) is 117 cm³/mol. The zero-order valence-electron chi connectivity index (χ0n) is 16.3. The normalized spacial score (nSPS) is 13.2. The molecule has 1 aromatic heterocycles. The molecule has 7 heteroatoms. The first-order valence-electron chi connectivity index (χ1n) is 9.55. The van der Waals surface area contributed by atoms with Crippen molar-refractivity contribution in [3.8, 4) is 16.2 Å². The van der Waals surface area contributed by atoms with E-state index in [1.165, 1.54) is 53.1 Å². The standard InChI is InChI=1S/C23H20N2O4S/c1-13(24-25-22(27)15-6-8-16(9-7-15)23(28)29)19-12-30-21(20(19)26)18-10-5-14-3-2-4-17(14)11-18/h5-12,26H,2-4H2,1H3,(H,25,27)(H,28,29)/b24-13+. The van der Waals surface area contributed by atoms with Crippen molar-refractivity contribution in [1.29, 1.82) is 0 Å². The number of rotatable bonds is 5. The molecule has 1 amide bonds. The number of carboxylic acid groups (broad SMARTS) is 1. The zero-order chi connectivity index (χ0) is 21.3. The molecule has 0 aliphatic heterocycles. The third-order valence-electron chi connectivity index (χ3n) is 5.23. The van der Waals surface area contributed by atoms with E-state index in [1.807, 2.05) is 11.4 Å². The summed E-state index contributed by atoms with van der Waals surface area (Å²) >= 11 is 1.44. The molecule has 0 radical (unpaired) electrons. The first-order chi connectivity index (χ1) is 14.4. The molecular formula is C23H20N2O4S. The Balaban J connectivity index is 1.51. The average Bonchev–Trinajstić information content (AvgIpc) is 3.37. The zero-order valence-corrected chi connectivity index (χ0v) is 17.1. The lowest BCUT2D eigenvalue weighted by molar-refractivity contribution is 0.0696. The number of carboxylic acids is 1. The summed E-state index contributed by atoms with van der Waals surface area (Å²) in [6.45, 7) is 1.71. The van der Waals surface area contributed by atoms with Gasteiger partial charge in [-0.25, -0.2) is 10.2 Å². The van der Waals surface area contributed by atoms with E-state index in [0.29, 0.717) is 16.8 Å². The van der Waals surface area contributed by atoms with E-state index in [-0.39, 0.29) is 11.3 Å². The number of thiophene rings is 1. The number of hydrazone groups is 1. The fraction of sp³-hybridized carbons (Fsp3) is 0.174. The summed E-state index contributed by atoms with van der Waals surface area (Å²) in [5.74, 6) is -1.36. The number of fused-ring (bicyclic) bond motifs is 1. The van der Waals surface area contributed by atoms with Crippen molar-refractivity contribution in [2.75, 3.05) is 0 Å². The second kappa shape index (κ2) is 8.12. The maximum atomic E-state index is 12.3. The molecule has 3 aromatic rings. The van der Waals surface area contributed by atoms with E-state index in [0.717, 1.165) is 23.3 Å². The van der Waals surface area contributed by atoms with Gasteiger partial charge in [-0.1, -0.05) is 12.1 Å². The van der Waals surface area contributed by atoms with E-state index >= 15 is 0 Å². The van der Waals surface area contributed by atoms with Crippen molar-refractivity contribution < 1.29 is 19.8 Å². The molecule has 3 N–H and O–H groups in total. The monoisotopic (exact) mass is 420 g/mol. The molecular weight excluding hydrogens is 400 g/mol. The summed E-state index contributed by atoms with van der Waals surface area (Å²) in [4.78, 5) is 23.9. The van der Waals surface area contributed by atoms with E-state index in [2.05, 4.69) is 22.7 Å². The third kappa shape index (κ3) is 3.84. The van der Waals surface area contributed by atoms with Gasteiger partial charge in [-0.15, -0.1) is 11.3 Å². The minimum absolute atomic E-state index is 0.105. The van der Waals surface area contributed by atoms with Crippen LogP contribution in [0.2, 0.25) is 0 Å². The lowest BCUT2D eigenvalue weighted by Crippen LogP contribution is -2.19. The molecule has 0 atom stereocenters. The Hall–Kier alpha value is -3.45. The van der Waals surface area contributed by atoms with E-state index in [9.17, 15) is 14.7 Å². The molecule has 0 spiro atoms. The number of aryl methyl sites for hydroxylation is 2. The molecule has 152 valence electrons. The molecule has 30 heavy (non-hydrogen) atoms. The molecule has 0 saturated heterocycles. The molecule has 6 nitrogen and oxygen atoms in total. The smallest absolute Gasteiger partial charge is 0.335 e. The van der Waals surface area contributed by atoms with E-state index in [1.54, 1.807) is 6.92 Å². The van der Waals surface area contributed by atoms with Crippen LogP contribution in [0.3, 0.4) is 0 Å². The number of nitrogens with zero attached hydrogens (tertiary/aromatic N) is 1. The van der Waals surface area contributed by atoms with Crippen LogP contribution in [0.5, 0.6) is 5.75 Å². The third-order valence-corrected chi connectivity index (χ3v) is 6.25.